The van der Waals surface area contributed by atoms with Gasteiger partial charge in [-0.25, -0.2) is 0 Å². The van der Waals surface area contributed by atoms with Crippen molar-refractivity contribution in [1.82, 2.24) is 4.98 Å². The summed E-state index contributed by atoms with van der Waals surface area (Å²) >= 11 is 0. The Morgan fingerprint density at radius 1 is 0.889 bits per heavy atom. The lowest BCUT2D eigenvalue weighted by Gasteiger charge is -2.15. The average Bonchev–Trinajstić information content (AvgIpc) is 2.29. The van der Waals surface area contributed by atoms with Crippen molar-refractivity contribution in [3.05, 3.63) is 40.6 Å². The van der Waals surface area contributed by atoms with Gasteiger partial charge in [0.1, 0.15) is 0 Å². The summed E-state index contributed by atoms with van der Waals surface area (Å²) in [5, 5.41) is 1.29. The molecule has 1 nitrogen and oxygen atoms in total. The highest BCUT2D eigenvalue weighted by Crippen LogP contribution is 2.30. The van der Waals surface area contributed by atoms with Crippen LogP contribution in [0.3, 0.4) is 0 Å². The van der Waals surface area contributed by atoms with Crippen LogP contribution >= 0.6 is 0 Å². The van der Waals surface area contributed by atoms with Crippen molar-refractivity contribution in [2.24, 2.45) is 0 Å². The second-order valence-electron chi connectivity index (χ2n) is 5.88. The maximum atomic E-state index is 4.80. The summed E-state index contributed by atoms with van der Waals surface area (Å²) in [5.41, 5.74) is 6.38. The van der Waals surface area contributed by atoms with Gasteiger partial charge < -0.3 is 0 Å². The maximum Gasteiger partial charge on any atom is 0.0740 e. The van der Waals surface area contributed by atoms with Crippen molar-refractivity contribution < 1.29 is 0 Å². The molecule has 1 heteroatoms. The summed E-state index contributed by atoms with van der Waals surface area (Å²) in [6.45, 7) is 13.2. The Balaban J connectivity index is 2.81. The fourth-order valence-electron chi connectivity index (χ4n) is 2.31. The zero-order valence-corrected chi connectivity index (χ0v) is 12.3. The SMILES string of the molecule is Cc1cc2cc(C(C)C)cc(C(C)C)c2nc1C. The maximum absolute atomic E-state index is 4.80. The number of nitrogens with zero attached hydrogens (tertiary/aromatic N) is 1. The first-order valence-electron chi connectivity index (χ1n) is 6.82. The molecule has 1 aromatic heterocycles. The molecule has 2 aromatic rings. The molecular weight excluding hydrogens is 218 g/mol. The monoisotopic (exact) mass is 241 g/mol. The molecule has 18 heavy (non-hydrogen) atoms. The molecule has 0 N–H and O–H groups in total. The van der Waals surface area contributed by atoms with E-state index in [2.05, 4.69) is 59.7 Å². The van der Waals surface area contributed by atoms with Crippen molar-refractivity contribution in [3.63, 3.8) is 0 Å². The molecule has 96 valence electrons. The topological polar surface area (TPSA) is 12.9 Å². The van der Waals surface area contributed by atoms with Crippen LogP contribution in [0.25, 0.3) is 10.9 Å². The van der Waals surface area contributed by atoms with Gasteiger partial charge in [0.2, 0.25) is 0 Å². The number of fused-ring (bicyclic) bond motifs is 1. The highest BCUT2D eigenvalue weighted by Gasteiger charge is 2.11. The van der Waals surface area contributed by atoms with E-state index in [4.69, 9.17) is 4.98 Å². The van der Waals surface area contributed by atoms with Crippen LogP contribution in [-0.4, -0.2) is 4.98 Å². The Bertz CT molecular complexity index is 580. The number of rotatable bonds is 2. The normalized spacial score (nSPS) is 11.8. The smallest absolute Gasteiger partial charge is 0.0740 e. The summed E-state index contributed by atoms with van der Waals surface area (Å²) in [4.78, 5) is 4.80. The van der Waals surface area contributed by atoms with E-state index in [-0.39, 0.29) is 0 Å². The van der Waals surface area contributed by atoms with E-state index in [1.54, 1.807) is 0 Å². The lowest BCUT2D eigenvalue weighted by molar-refractivity contribution is 0.839. The number of hydrogen-bond acceptors (Lipinski definition) is 1. The second-order valence-corrected chi connectivity index (χ2v) is 5.88. The van der Waals surface area contributed by atoms with E-state index in [0.29, 0.717) is 11.8 Å². The molecule has 0 spiro atoms. The van der Waals surface area contributed by atoms with Crippen LogP contribution in [0.15, 0.2) is 18.2 Å². The molecule has 0 fully saturated rings. The van der Waals surface area contributed by atoms with E-state index in [9.17, 15) is 0 Å². The Labute approximate surface area is 110 Å². The molecule has 0 aliphatic rings. The Morgan fingerprint density at radius 3 is 2.11 bits per heavy atom. The van der Waals surface area contributed by atoms with Gasteiger partial charge in [0.25, 0.3) is 0 Å². The van der Waals surface area contributed by atoms with Crippen molar-refractivity contribution in [2.75, 3.05) is 0 Å². The van der Waals surface area contributed by atoms with Crippen LogP contribution in [-0.2, 0) is 0 Å². The van der Waals surface area contributed by atoms with Crippen molar-refractivity contribution in [2.45, 2.75) is 53.4 Å². The molecule has 0 aliphatic heterocycles. The molecule has 1 heterocycles. The van der Waals surface area contributed by atoms with Gasteiger partial charge in [0.05, 0.1) is 5.52 Å². The minimum Gasteiger partial charge on any atom is -0.253 e. The number of aryl methyl sites for hydroxylation is 2. The Morgan fingerprint density at radius 2 is 1.56 bits per heavy atom. The largest absolute Gasteiger partial charge is 0.253 e. The third kappa shape index (κ3) is 2.27. The number of hydrogen-bond donors (Lipinski definition) is 0. The second kappa shape index (κ2) is 4.72. The highest BCUT2D eigenvalue weighted by molar-refractivity contribution is 5.84. The van der Waals surface area contributed by atoms with Gasteiger partial charge in [-0.3, -0.25) is 4.98 Å². The molecule has 0 saturated carbocycles. The van der Waals surface area contributed by atoms with Gasteiger partial charge in [-0.1, -0.05) is 33.8 Å². The fraction of sp³-hybridized carbons (Fsp3) is 0.471. The first-order valence-corrected chi connectivity index (χ1v) is 6.82. The third-order valence-corrected chi connectivity index (χ3v) is 3.70. The molecule has 0 radical (unpaired) electrons. The quantitative estimate of drug-likeness (QED) is 0.713. The van der Waals surface area contributed by atoms with Crippen LogP contribution in [0.2, 0.25) is 0 Å². The van der Waals surface area contributed by atoms with Gasteiger partial charge in [0, 0.05) is 11.1 Å². The van der Waals surface area contributed by atoms with Crippen LogP contribution < -0.4 is 0 Å². The lowest BCUT2D eigenvalue weighted by Crippen LogP contribution is -1.99. The van der Waals surface area contributed by atoms with E-state index >= 15 is 0 Å². The number of benzene rings is 1. The highest BCUT2D eigenvalue weighted by atomic mass is 14.7. The number of aromatic nitrogens is 1. The molecule has 0 atom stereocenters. The lowest BCUT2D eigenvalue weighted by atomic mass is 9.92. The predicted molar refractivity (Wildman–Crippen MR) is 79.4 cm³/mol. The average molecular weight is 241 g/mol. The van der Waals surface area contributed by atoms with Gasteiger partial charge in [-0.05, 0) is 54.5 Å². The van der Waals surface area contributed by atoms with Crippen LogP contribution in [0.4, 0.5) is 0 Å². The zero-order valence-electron chi connectivity index (χ0n) is 12.3. The van der Waals surface area contributed by atoms with Crippen molar-refractivity contribution in [1.29, 1.82) is 0 Å². The van der Waals surface area contributed by atoms with Crippen LogP contribution in [0, 0.1) is 13.8 Å². The Hall–Kier alpha value is -1.37. The van der Waals surface area contributed by atoms with Crippen LogP contribution in [0.5, 0.6) is 0 Å². The summed E-state index contributed by atoms with van der Waals surface area (Å²) < 4.78 is 0. The van der Waals surface area contributed by atoms with Gasteiger partial charge in [0.15, 0.2) is 0 Å². The van der Waals surface area contributed by atoms with E-state index < -0.39 is 0 Å². The zero-order chi connectivity index (χ0) is 13.4. The summed E-state index contributed by atoms with van der Waals surface area (Å²) in [6.07, 6.45) is 0. The van der Waals surface area contributed by atoms with Gasteiger partial charge in [-0.2, -0.15) is 0 Å². The predicted octanol–water partition coefficient (Wildman–Crippen LogP) is 5.10. The molecule has 0 amide bonds. The molecule has 2 rings (SSSR count). The fourth-order valence-corrected chi connectivity index (χ4v) is 2.31. The van der Waals surface area contributed by atoms with E-state index in [1.807, 2.05) is 0 Å². The van der Waals surface area contributed by atoms with Gasteiger partial charge >= 0.3 is 0 Å². The summed E-state index contributed by atoms with van der Waals surface area (Å²) in [6, 6.07) is 6.90. The van der Waals surface area contributed by atoms with Crippen LogP contribution in [0.1, 0.15) is 61.9 Å². The van der Waals surface area contributed by atoms with Gasteiger partial charge in [-0.15, -0.1) is 0 Å². The third-order valence-electron chi connectivity index (χ3n) is 3.70. The first-order chi connectivity index (χ1) is 8.40. The first kappa shape index (κ1) is 13.1. The summed E-state index contributed by atoms with van der Waals surface area (Å²) in [7, 11) is 0. The Kier molecular flexibility index (Phi) is 3.43. The molecule has 0 bridgehead atoms. The molecule has 0 unspecified atom stereocenters. The van der Waals surface area contributed by atoms with Crippen molar-refractivity contribution in [3.8, 4) is 0 Å². The van der Waals surface area contributed by atoms with E-state index in [0.717, 1.165) is 5.69 Å². The number of pyridine rings is 1. The standard InChI is InChI=1S/C17H23N/c1-10(2)14-8-15-7-12(5)13(6)18-17(15)16(9-14)11(3)4/h7-11H,1-6H3. The van der Waals surface area contributed by atoms with Crippen molar-refractivity contribution >= 4 is 10.9 Å². The summed E-state index contributed by atoms with van der Waals surface area (Å²) in [5.74, 6) is 1.08. The molecule has 0 aliphatic carbocycles. The molecule has 0 saturated heterocycles. The molecule has 1 aromatic carbocycles. The van der Waals surface area contributed by atoms with E-state index in [1.165, 1.54) is 27.6 Å². The molecular formula is C17H23N. The minimum absolute atomic E-state index is 0.515. The minimum atomic E-state index is 0.515.